The molecular formula is C13H16Cl2N2Se. The Morgan fingerprint density at radius 1 is 1.17 bits per heavy atom. The first-order valence-corrected chi connectivity index (χ1v) is 7.93. The molecule has 98 valence electrons. The van der Waals surface area contributed by atoms with Crippen molar-refractivity contribution in [3.8, 4) is 11.3 Å². The van der Waals surface area contributed by atoms with Gasteiger partial charge in [-0.05, 0) is 0 Å². The second-order valence-electron chi connectivity index (χ2n) is 3.69. The molecule has 0 atom stereocenters. The molecule has 0 spiro atoms. The predicted molar refractivity (Wildman–Crippen MR) is 82.4 cm³/mol. The van der Waals surface area contributed by atoms with E-state index in [0.29, 0.717) is 14.5 Å². The predicted octanol–water partition coefficient (Wildman–Crippen LogP) is 3.73. The van der Waals surface area contributed by atoms with Gasteiger partial charge in [-0.25, -0.2) is 0 Å². The van der Waals surface area contributed by atoms with Crippen LogP contribution in [0.3, 0.4) is 0 Å². The molecule has 0 aliphatic carbocycles. The van der Waals surface area contributed by atoms with E-state index in [1.54, 1.807) is 0 Å². The van der Waals surface area contributed by atoms with E-state index in [4.69, 9.17) is 16.6 Å². The van der Waals surface area contributed by atoms with Crippen LogP contribution in [-0.4, -0.2) is 32.6 Å². The number of hydrogen-bond acceptors (Lipinski definition) is 2. The van der Waals surface area contributed by atoms with Gasteiger partial charge in [0.25, 0.3) is 0 Å². The molecule has 0 saturated carbocycles. The summed E-state index contributed by atoms with van der Waals surface area (Å²) in [5.41, 5.74) is 2.24. The van der Waals surface area contributed by atoms with Gasteiger partial charge in [0.15, 0.2) is 0 Å². The quantitative estimate of drug-likeness (QED) is 0.782. The van der Waals surface area contributed by atoms with Crippen molar-refractivity contribution in [2.75, 3.05) is 18.0 Å². The molecule has 2 nitrogen and oxygen atoms in total. The molecule has 2 aromatic rings. The Morgan fingerprint density at radius 3 is 2.33 bits per heavy atom. The van der Waals surface area contributed by atoms with E-state index < -0.39 is 0 Å². The maximum Gasteiger partial charge on any atom is -0.147 e. The monoisotopic (exact) mass is 350 g/mol. The fraction of sp³-hybridized carbons (Fsp3) is 0.308. The zero-order valence-electron chi connectivity index (χ0n) is 10.4. The number of benzene rings is 1. The van der Waals surface area contributed by atoms with Crippen molar-refractivity contribution in [3.05, 3.63) is 34.2 Å². The van der Waals surface area contributed by atoms with Gasteiger partial charge < -0.3 is 0 Å². The molecule has 0 fully saturated rings. The largest absolute Gasteiger partial charge is 0.147 e. The third kappa shape index (κ3) is 3.52. The Labute approximate surface area is 125 Å². The molecule has 0 aliphatic heterocycles. The van der Waals surface area contributed by atoms with Gasteiger partial charge in [0, 0.05) is 0 Å². The van der Waals surface area contributed by atoms with E-state index in [1.165, 1.54) is 4.69 Å². The second kappa shape index (κ2) is 7.20. The van der Waals surface area contributed by atoms with Gasteiger partial charge in [-0.15, -0.1) is 12.4 Å². The number of hydrogen-bond donors (Lipinski definition) is 0. The number of anilines is 1. The molecule has 1 aromatic carbocycles. The summed E-state index contributed by atoms with van der Waals surface area (Å²) >= 11 is 6.24. The molecular weight excluding hydrogens is 334 g/mol. The van der Waals surface area contributed by atoms with Crippen LogP contribution in [0.25, 0.3) is 11.3 Å². The summed E-state index contributed by atoms with van der Waals surface area (Å²) in [5, 5.41) is 0.769. The van der Waals surface area contributed by atoms with Gasteiger partial charge in [0.05, 0.1) is 0 Å². The first-order chi connectivity index (χ1) is 8.24. The van der Waals surface area contributed by atoms with Crippen molar-refractivity contribution < 1.29 is 0 Å². The third-order valence-corrected chi connectivity index (χ3v) is 4.81. The molecule has 0 amide bonds. The van der Waals surface area contributed by atoms with Gasteiger partial charge in [-0.2, -0.15) is 0 Å². The average molecular weight is 350 g/mol. The topological polar surface area (TPSA) is 16.1 Å². The Balaban J connectivity index is 0.00000162. The number of nitrogens with zero attached hydrogens (tertiary/aromatic N) is 2. The molecule has 1 aromatic heterocycles. The van der Waals surface area contributed by atoms with Crippen molar-refractivity contribution >= 4 is 43.2 Å². The Kier molecular flexibility index (Phi) is 6.23. The minimum atomic E-state index is 0. The van der Waals surface area contributed by atoms with Crippen LogP contribution >= 0.6 is 24.0 Å². The van der Waals surface area contributed by atoms with Crippen molar-refractivity contribution in [1.29, 1.82) is 0 Å². The van der Waals surface area contributed by atoms with Crippen molar-refractivity contribution in [1.82, 2.24) is 4.98 Å². The van der Waals surface area contributed by atoms with Crippen molar-refractivity contribution in [2.24, 2.45) is 0 Å². The zero-order chi connectivity index (χ0) is 12.3. The van der Waals surface area contributed by atoms with E-state index in [9.17, 15) is 0 Å². The van der Waals surface area contributed by atoms with E-state index in [0.717, 1.165) is 29.4 Å². The summed E-state index contributed by atoms with van der Waals surface area (Å²) in [5.74, 6) is 0. The Morgan fingerprint density at radius 2 is 1.78 bits per heavy atom. The van der Waals surface area contributed by atoms with Crippen LogP contribution in [0.5, 0.6) is 0 Å². The van der Waals surface area contributed by atoms with E-state index in [-0.39, 0.29) is 12.4 Å². The third-order valence-electron chi connectivity index (χ3n) is 2.67. The maximum atomic E-state index is 5.88. The van der Waals surface area contributed by atoms with Gasteiger partial charge in [-0.1, -0.05) is 0 Å². The molecule has 1 heterocycles. The van der Waals surface area contributed by atoms with E-state index in [2.05, 4.69) is 23.7 Å². The SMILES string of the molecule is CCN(CC)c1nc(-c2ccc(Cl)cc2)c[se]1.Cl. The summed E-state index contributed by atoms with van der Waals surface area (Å²) in [4.78, 5) is 9.28. The Hall–Kier alpha value is -0.471. The molecule has 0 aliphatic rings. The molecule has 5 heteroatoms. The summed E-state index contributed by atoms with van der Waals surface area (Å²) in [6.45, 7) is 6.39. The van der Waals surface area contributed by atoms with Crippen LogP contribution in [-0.2, 0) is 0 Å². The molecule has 0 radical (unpaired) electrons. The van der Waals surface area contributed by atoms with E-state index in [1.807, 2.05) is 24.3 Å². The summed E-state index contributed by atoms with van der Waals surface area (Å²) in [6, 6.07) is 7.88. The Bertz CT molecular complexity index is 478. The first-order valence-electron chi connectivity index (χ1n) is 5.71. The minimum Gasteiger partial charge on any atom is -0.147 e. The van der Waals surface area contributed by atoms with E-state index >= 15 is 0 Å². The van der Waals surface area contributed by atoms with Crippen LogP contribution in [0.4, 0.5) is 4.69 Å². The number of halogens is 2. The van der Waals surface area contributed by atoms with Gasteiger partial charge in [0.2, 0.25) is 0 Å². The number of rotatable bonds is 4. The zero-order valence-corrected chi connectivity index (χ0v) is 13.7. The standard InChI is InChI=1S/C13H15ClN2Se.ClH/c1-3-16(4-2)13-15-12(9-17-13)10-5-7-11(14)8-6-10;/h5-9H,3-4H2,1-2H3;1H. The molecule has 0 unspecified atom stereocenters. The van der Waals surface area contributed by atoms with Crippen LogP contribution in [0.1, 0.15) is 13.8 Å². The molecule has 18 heavy (non-hydrogen) atoms. The summed E-state index contributed by atoms with van der Waals surface area (Å²) < 4.78 is 1.23. The van der Waals surface area contributed by atoms with Crippen LogP contribution in [0, 0.1) is 0 Å². The smallest absolute Gasteiger partial charge is 0.147 e. The summed E-state index contributed by atoms with van der Waals surface area (Å²) in [7, 11) is 0. The number of aromatic nitrogens is 1. The fourth-order valence-electron chi connectivity index (χ4n) is 1.66. The van der Waals surface area contributed by atoms with Crippen LogP contribution in [0.15, 0.2) is 29.2 Å². The molecule has 0 N–H and O–H groups in total. The summed E-state index contributed by atoms with van der Waals surface area (Å²) in [6.07, 6.45) is 0. The molecule has 2 rings (SSSR count). The first kappa shape index (κ1) is 15.6. The van der Waals surface area contributed by atoms with Gasteiger partial charge in [-0.3, -0.25) is 0 Å². The second-order valence-corrected chi connectivity index (χ2v) is 5.89. The van der Waals surface area contributed by atoms with Crippen molar-refractivity contribution in [2.45, 2.75) is 13.8 Å². The fourth-order valence-corrected chi connectivity index (χ4v) is 3.81. The maximum absolute atomic E-state index is 5.88. The van der Waals surface area contributed by atoms with Gasteiger partial charge in [0.1, 0.15) is 0 Å². The van der Waals surface area contributed by atoms with Crippen LogP contribution in [0.2, 0.25) is 5.02 Å². The van der Waals surface area contributed by atoms with Gasteiger partial charge >= 0.3 is 113 Å². The normalized spacial score (nSPS) is 9.94. The minimum absolute atomic E-state index is 0. The average Bonchev–Trinajstić information content (AvgIpc) is 2.81. The molecule has 0 saturated heterocycles. The van der Waals surface area contributed by atoms with Crippen LogP contribution < -0.4 is 4.90 Å². The van der Waals surface area contributed by atoms with Crippen molar-refractivity contribution in [3.63, 3.8) is 0 Å². The molecule has 0 bridgehead atoms.